The van der Waals surface area contributed by atoms with Crippen molar-refractivity contribution in [2.24, 2.45) is 0 Å². The van der Waals surface area contributed by atoms with Gasteiger partial charge in [0.05, 0.1) is 23.7 Å². The Morgan fingerprint density at radius 2 is 1.03 bits per heavy atom. The smallest absolute Gasteiger partial charge is 0.247 e. The van der Waals surface area contributed by atoms with Crippen LogP contribution in [0.4, 0.5) is 0 Å². The number of aliphatic hydroxyl groups excluding tert-OH is 2. The summed E-state index contributed by atoms with van der Waals surface area (Å²) in [6, 6.07) is 19.1. The molecule has 0 aliphatic rings. The number of aromatic nitrogens is 4. The zero-order chi connectivity index (χ0) is 22.2. The molecule has 4 aromatic rings. The standard InChI is InChI=1S/C22H22N4O4S2/c27-17(11-31-13-19-23-25-21(29-19)15-7-3-1-4-8-15)18(28)12-32-14-20-24-26-22(30-20)16-9-5-2-6-10-16/h1-10,17-18,27-28H,11-14H2/t17-,18-/m1/s1. The molecular weight excluding hydrogens is 448 g/mol. The lowest BCUT2D eigenvalue weighted by Gasteiger charge is -2.16. The number of nitrogens with zero attached hydrogens (tertiary/aromatic N) is 4. The Labute approximate surface area is 193 Å². The number of benzene rings is 2. The molecule has 0 aliphatic heterocycles. The van der Waals surface area contributed by atoms with Crippen LogP contribution in [0.5, 0.6) is 0 Å². The van der Waals surface area contributed by atoms with Crippen LogP contribution in [-0.2, 0) is 11.5 Å². The molecule has 2 heterocycles. The summed E-state index contributed by atoms with van der Waals surface area (Å²) < 4.78 is 11.3. The predicted octanol–water partition coefficient (Wildman–Crippen LogP) is 3.68. The van der Waals surface area contributed by atoms with Gasteiger partial charge in [0.25, 0.3) is 0 Å². The zero-order valence-corrected chi connectivity index (χ0v) is 18.7. The number of rotatable bonds is 11. The topological polar surface area (TPSA) is 118 Å². The van der Waals surface area contributed by atoms with Gasteiger partial charge in [0.2, 0.25) is 23.6 Å². The fourth-order valence-corrected chi connectivity index (χ4v) is 4.52. The Bertz CT molecular complexity index is 1000. The Morgan fingerprint density at radius 1 is 0.625 bits per heavy atom. The van der Waals surface area contributed by atoms with Crippen LogP contribution < -0.4 is 0 Å². The summed E-state index contributed by atoms with van der Waals surface area (Å²) >= 11 is 2.85. The van der Waals surface area contributed by atoms with Crippen molar-refractivity contribution in [1.82, 2.24) is 20.4 Å². The highest BCUT2D eigenvalue weighted by atomic mass is 32.2. The number of hydrogen-bond donors (Lipinski definition) is 2. The Kier molecular flexibility index (Phi) is 7.94. The van der Waals surface area contributed by atoms with E-state index in [9.17, 15) is 10.2 Å². The summed E-state index contributed by atoms with van der Waals surface area (Å²) in [6.07, 6.45) is -1.74. The van der Waals surface area contributed by atoms with Crippen molar-refractivity contribution in [3.63, 3.8) is 0 Å². The summed E-state index contributed by atoms with van der Waals surface area (Å²) in [5.74, 6) is 3.52. The third-order valence-corrected chi connectivity index (χ3v) is 6.50. The minimum atomic E-state index is -0.869. The van der Waals surface area contributed by atoms with Crippen molar-refractivity contribution in [2.45, 2.75) is 23.7 Å². The van der Waals surface area contributed by atoms with Crippen LogP contribution in [0.15, 0.2) is 69.5 Å². The molecule has 10 heteroatoms. The van der Waals surface area contributed by atoms with E-state index in [4.69, 9.17) is 8.83 Å². The molecule has 8 nitrogen and oxygen atoms in total. The highest BCUT2D eigenvalue weighted by Crippen LogP contribution is 2.22. The minimum Gasteiger partial charge on any atom is -0.420 e. The summed E-state index contributed by atoms with van der Waals surface area (Å²) in [6.45, 7) is 0. The summed E-state index contributed by atoms with van der Waals surface area (Å²) in [5, 5.41) is 36.6. The van der Waals surface area contributed by atoms with Crippen LogP contribution in [0, 0.1) is 0 Å². The van der Waals surface area contributed by atoms with E-state index < -0.39 is 12.2 Å². The number of aliphatic hydroxyl groups is 2. The lowest BCUT2D eigenvalue weighted by atomic mass is 10.2. The minimum absolute atomic E-state index is 0.351. The molecule has 0 spiro atoms. The molecular formula is C22H22N4O4S2. The highest BCUT2D eigenvalue weighted by Gasteiger charge is 2.18. The second kappa shape index (κ2) is 11.3. The zero-order valence-electron chi connectivity index (χ0n) is 17.1. The van der Waals surface area contributed by atoms with E-state index in [0.717, 1.165) is 11.1 Å². The van der Waals surface area contributed by atoms with Crippen molar-refractivity contribution in [1.29, 1.82) is 0 Å². The SMILES string of the molecule is O[C@H](CSCc1nnc(-c2ccccc2)o1)[C@H](O)CSCc1nnc(-c2ccccc2)o1. The van der Waals surface area contributed by atoms with E-state index in [1.807, 2.05) is 60.7 Å². The Balaban J connectivity index is 1.16. The second-order valence-electron chi connectivity index (χ2n) is 6.90. The maximum atomic E-state index is 10.2. The lowest BCUT2D eigenvalue weighted by molar-refractivity contribution is 0.0499. The first-order valence-electron chi connectivity index (χ1n) is 9.96. The van der Waals surface area contributed by atoms with Gasteiger partial charge in [-0.15, -0.1) is 43.9 Å². The number of thioether (sulfide) groups is 2. The second-order valence-corrected chi connectivity index (χ2v) is 8.96. The quantitative estimate of drug-likeness (QED) is 0.336. The van der Waals surface area contributed by atoms with Gasteiger partial charge in [-0.05, 0) is 24.3 Å². The fraction of sp³-hybridized carbons (Fsp3) is 0.273. The first-order valence-corrected chi connectivity index (χ1v) is 12.3. The molecule has 0 aliphatic carbocycles. The van der Waals surface area contributed by atoms with Gasteiger partial charge in [0.15, 0.2) is 0 Å². The van der Waals surface area contributed by atoms with Crippen molar-refractivity contribution in [2.75, 3.05) is 11.5 Å². The lowest BCUT2D eigenvalue weighted by Crippen LogP contribution is -2.30. The van der Waals surface area contributed by atoms with Crippen LogP contribution in [-0.4, -0.2) is 54.3 Å². The summed E-state index contributed by atoms with van der Waals surface area (Å²) in [7, 11) is 0. The van der Waals surface area contributed by atoms with E-state index in [2.05, 4.69) is 20.4 Å². The van der Waals surface area contributed by atoms with Gasteiger partial charge in [-0.2, -0.15) is 0 Å². The molecule has 0 radical (unpaired) electrons. The van der Waals surface area contributed by atoms with Crippen LogP contribution in [0.25, 0.3) is 22.9 Å². The maximum Gasteiger partial charge on any atom is 0.247 e. The van der Waals surface area contributed by atoms with Crippen molar-refractivity contribution in [3.05, 3.63) is 72.4 Å². The predicted molar refractivity (Wildman–Crippen MR) is 124 cm³/mol. The average molecular weight is 471 g/mol. The molecule has 2 atom stereocenters. The average Bonchev–Trinajstić information content (AvgIpc) is 3.50. The van der Waals surface area contributed by atoms with Crippen molar-refractivity contribution in [3.8, 4) is 22.9 Å². The molecule has 2 aromatic carbocycles. The van der Waals surface area contributed by atoms with Crippen molar-refractivity contribution >= 4 is 23.5 Å². The van der Waals surface area contributed by atoms with Crippen LogP contribution in [0.1, 0.15) is 11.8 Å². The first kappa shape index (κ1) is 22.5. The normalized spacial score (nSPS) is 13.2. The van der Waals surface area contributed by atoms with Crippen molar-refractivity contribution < 1.29 is 19.0 Å². The molecule has 2 N–H and O–H groups in total. The fourth-order valence-electron chi connectivity index (χ4n) is 2.77. The molecule has 0 bridgehead atoms. The van der Waals surface area contributed by atoms with E-state index in [1.165, 1.54) is 23.5 Å². The summed E-state index contributed by atoms with van der Waals surface area (Å²) in [4.78, 5) is 0. The highest BCUT2D eigenvalue weighted by molar-refractivity contribution is 7.98. The van der Waals surface area contributed by atoms with Crippen LogP contribution in [0.2, 0.25) is 0 Å². The molecule has 4 rings (SSSR count). The van der Waals surface area contributed by atoms with Gasteiger partial charge in [-0.1, -0.05) is 36.4 Å². The van der Waals surface area contributed by atoms with Gasteiger partial charge in [-0.3, -0.25) is 0 Å². The van der Waals surface area contributed by atoms with Crippen LogP contribution in [0.3, 0.4) is 0 Å². The van der Waals surface area contributed by atoms with E-state index in [1.54, 1.807) is 0 Å². The third kappa shape index (κ3) is 6.19. The summed E-state index contributed by atoms with van der Waals surface area (Å²) in [5.41, 5.74) is 1.72. The van der Waals surface area contributed by atoms with Gasteiger partial charge in [0.1, 0.15) is 0 Å². The molecule has 166 valence electrons. The van der Waals surface area contributed by atoms with E-state index >= 15 is 0 Å². The number of hydrogen-bond acceptors (Lipinski definition) is 10. The Hall–Kier alpha value is -2.66. The maximum absolute atomic E-state index is 10.2. The third-order valence-electron chi connectivity index (χ3n) is 4.45. The molecule has 2 aromatic heterocycles. The van der Waals surface area contributed by atoms with Gasteiger partial charge < -0.3 is 19.0 Å². The van der Waals surface area contributed by atoms with E-state index in [0.29, 0.717) is 46.6 Å². The molecule has 32 heavy (non-hydrogen) atoms. The van der Waals surface area contributed by atoms with Gasteiger partial charge in [0, 0.05) is 22.6 Å². The van der Waals surface area contributed by atoms with E-state index in [-0.39, 0.29) is 0 Å². The van der Waals surface area contributed by atoms with Crippen LogP contribution >= 0.6 is 23.5 Å². The molecule has 0 saturated carbocycles. The molecule has 0 unspecified atom stereocenters. The van der Waals surface area contributed by atoms with Gasteiger partial charge in [-0.25, -0.2) is 0 Å². The molecule has 0 amide bonds. The Morgan fingerprint density at radius 3 is 1.44 bits per heavy atom. The molecule has 0 saturated heterocycles. The monoisotopic (exact) mass is 470 g/mol. The largest absolute Gasteiger partial charge is 0.420 e. The molecule has 0 fully saturated rings. The van der Waals surface area contributed by atoms with Gasteiger partial charge >= 0.3 is 0 Å². The first-order chi connectivity index (χ1) is 15.7.